The first-order chi connectivity index (χ1) is 11.8. The highest BCUT2D eigenvalue weighted by Crippen LogP contribution is 2.19. The Bertz CT molecular complexity index is 693. The van der Waals surface area contributed by atoms with Crippen LogP contribution in [0.5, 0.6) is 0 Å². The van der Waals surface area contributed by atoms with Gasteiger partial charge in [-0.25, -0.2) is 4.99 Å². The third kappa shape index (κ3) is 5.31. The van der Waals surface area contributed by atoms with Crippen LogP contribution in [0.25, 0.3) is 10.8 Å². The number of aliphatic imine (C=N–C) groups is 1. The molecule has 0 aromatic heterocycles. The molecule has 1 unspecified atom stereocenters. The van der Waals surface area contributed by atoms with Gasteiger partial charge in [-0.1, -0.05) is 42.5 Å². The average Bonchev–Trinajstić information content (AvgIpc) is 3.11. The molecule has 1 saturated heterocycles. The molecule has 0 aliphatic carbocycles. The molecule has 136 valence electrons. The van der Waals surface area contributed by atoms with Crippen LogP contribution in [0.15, 0.2) is 47.5 Å². The van der Waals surface area contributed by atoms with Crippen LogP contribution >= 0.6 is 24.0 Å². The van der Waals surface area contributed by atoms with Crippen LogP contribution < -0.4 is 5.32 Å². The van der Waals surface area contributed by atoms with Crippen molar-refractivity contribution in [1.29, 1.82) is 0 Å². The molecule has 25 heavy (non-hydrogen) atoms. The van der Waals surface area contributed by atoms with E-state index >= 15 is 0 Å². The summed E-state index contributed by atoms with van der Waals surface area (Å²) in [6, 6.07) is 14.9. The zero-order chi connectivity index (χ0) is 16.8. The van der Waals surface area contributed by atoms with E-state index in [9.17, 15) is 0 Å². The van der Waals surface area contributed by atoms with Gasteiger partial charge in [-0.15, -0.1) is 24.0 Å². The number of guanidine groups is 1. The van der Waals surface area contributed by atoms with E-state index < -0.39 is 0 Å². The maximum atomic E-state index is 5.49. The normalized spacial score (nSPS) is 17.4. The molecule has 1 N–H and O–H groups in total. The molecule has 3 rings (SSSR count). The van der Waals surface area contributed by atoms with Crippen molar-refractivity contribution in [3.63, 3.8) is 0 Å². The smallest absolute Gasteiger partial charge is 0.193 e. The molecule has 0 spiro atoms. The third-order valence-corrected chi connectivity index (χ3v) is 4.53. The zero-order valence-corrected chi connectivity index (χ0v) is 17.4. The first kappa shape index (κ1) is 20.0. The van der Waals surface area contributed by atoms with Gasteiger partial charge in [0.05, 0.1) is 13.2 Å². The van der Waals surface area contributed by atoms with E-state index in [4.69, 9.17) is 9.73 Å². The number of halogens is 1. The monoisotopic (exact) mass is 453 g/mol. The van der Waals surface area contributed by atoms with E-state index in [-0.39, 0.29) is 24.0 Å². The van der Waals surface area contributed by atoms with Crippen LogP contribution in [-0.4, -0.2) is 44.2 Å². The summed E-state index contributed by atoms with van der Waals surface area (Å²) in [6.45, 7) is 6.42. The molecule has 0 bridgehead atoms. The summed E-state index contributed by atoms with van der Waals surface area (Å²) in [5.41, 5.74) is 1.26. The highest BCUT2D eigenvalue weighted by molar-refractivity contribution is 14.0. The standard InChI is InChI=1S/C20H27N3O.HI/c1-3-21-20(23(2)14-16-11-12-24-15-16)22-13-18-9-6-8-17-7-4-5-10-19(17)18;/h4-10,16H,3,11-15H2,1-2H3,(H,21,22);1H. The van der Waals surface area contributed by atoms with Crippen molar-refractivity contribution in [3.05, 3.63) is 48.0 Å². The summed E-state index contributed by atoms with van der Waals surface area (Å²) in [4.78, 5) is 7.10. The van der Waals surface area contributed by atoms with Crippen molar-refractivity contribution in [2.45, 2.75) is 19.9 Å². The summed E-state index contributed by atoms with van der Waals surface area (Å²) in [5, 5.41) is 5.96. The van der Waals surface area contributed by atoms with Gasteiger partial charge in [0.25, 0.3) is 0 Å². The minimum atomic E-state index is 0. The summed E-state index contributed by atoms with van der Waals surface area (Å²) in [7, 11) is 2.11. The molecule has 0 radical (unpaired) electrons. The lowest BCUT2D eigenvalue weighted by molar-refractivity contribution is 0.181. The number of nitrogens with one attached hydrogen (secondary N) is 1. The summed E-state index contributed by atoms with van der Waals surface area (Å²) in [6.07, 6.45) is 1.15. The molecule has 1 aliphatic rings. The van der Waals surface area contributed by atoms with Gasteiger partial charge in [0, 0.05) is 32.7 Å². The van der Waals surface area contributed by atoms with Crippen molar-refractivity contribution in [2.75, 3.05) is 33.4 Å². The predicted octanol–water partition coefficient (Wildman–Crippen LogP) is 3.89. The number of rotatable bonds is 5. The van der Waals surface area contributed by atoms with Gasteiger partial charge in [-0.05, 0) is 29.7 Å². The number of benzene rings is 2. The van der Waals surface area contributed by atoms with Gasteiger partial charge < -0.3 is 15.0 Å². The molecule has 1 aliphatic heterocycles. The van der Waals surface area contributed by atoms with Crippen LogP contribution in [-0.2, 0) is 11.3 Å². The number of hydrogen-bond acceptors (Lipinski definition) is 2. The number of nitrogens with zero attached hydrogens (tertiary/aromatic N) is 2. The molecular formula is C20H28IN3O. The van der Waals surface area contributed by atoms with Crippen LogP contribution in [0, 0.1) is 5.92 Å². The molecule has 2 aromatic rings. The van der Waals surface area contributed by atoms with Gasteiger partial charge in [-0.2, -0.15) is 0 Å². The Morgan fingerprint density at radius 1 is 1.24 bits per heavy atom. The van der Waals surface area contributed by atoms with Crippen LogP contribution in [0.2, 0.25) is 0 Å². The lowest BCUT2D eigenvalue weighted by Crippen LogP contribution is -2.41. The number of ether oxygens (including phenoxy) is 1. The van der Waals surface area contributed by atoms with E-state index in [0.29, 0.717) is 12.5 Å². The van der Waals surface area contributed by atoms with Crippen molar-refractivity contribution in [1.82, 2.24) is 10.2 Å². The zero-order valence-electron chi connectivity index (χ0n) is 15.1. The third-order valence-electron chi connectivity index (χ3n) is 4.53. The van der Waals surface area contributed by atoms with Gasteiger partial charge in [0.15, 0.2) is 5.96 Å². The lowest BCUT2D eigenvalue weighted by Gasteiger charge is -2.24. The number of fused-ring (bicyclic) bond motifs is 1. The fourth-order valence-corrected chi connectivity index (χ4v) is 3.26. The fraction of sp³-hybridized carbons (Fsp3) is 0.450. The summed E-state index contributed by atoms with van der Waals surface area (Å²) in [5.74, 6) is 1.58. The van der Waals surface area contributed by atoms with Crippen molar-refractivity contribution < 1.29 is 4.74 Å². The summed E-state index contributed by atoms with van der Waals surface area (Å²) >= 11 is 0. The molecule has 0 saturated carbocycles. The SMILES string of the molecule is CCNC(=NCc1cccc2ccccc12)N(C)CC1CCOC1.I. The Morgan fingerprint density at radius 2 is 2.04 bits per heavy atom. The molecule has 0 amide bonds. The first-order valence-corrected chi connectivity index (χ1v) is 8.81. The van der Waals surface area contributed by atoms with Crippen LogP contribution in [0.3, 0.4) is 0 Å². The van der Waals surface area contributed by atoms with Crippen molar-refractivity contribution in [2.24, 2.45) is 10.9 Å². The predicted molar refractivity (Wildman–Crippen MR) is 116 cm³/mol. The minimum Gasteiger partial charge on any atom is -0.381 e. The largest absolute Gasteiger partial charge is 0.381 e. The Morgan fingerprint density at radius 3 is 2.80 bits per heavy atom. The highest BCUT2D eigenvalue weighted by atomic mass is 127. The first-order valence-electron chi connectivity index (χ1n) is 8.81. The van der Waals surface area contributed by atoms with Gasteiger partial charge in [0.1, 0.15) is 0 Å². The quantitative estimate of drug-likeness (QED) is 0.424. The van der Waals surface area contributed by atoms with Gasteiger partial charge in [-0.3, -0.25) is 0 Å². The van der Waals surface area contributed by atoms with Gasteiger partial charge in [0.2, 0.25) is 0 Å². The Labute approximate surface area is 167 Å². The van der Waals surface area contributed by atoms with Gasteiger partial charge >= 0.3 is 0 Å². The molecule has 4 nitrogen and oxygen atoms in total. The number of hydrogen-bond donors (Lipinski definition) is 1. The molecule has 1 atom stereocenters. The highest BCUT2D eigenvalue weighted by Gasteiger charge is 2.19. The Hall–Kier alpha value is -1.34. The second-order valence-corrected chi connectivity index (χ2v) is 6.42. The second kappa shape index (κ2) is 9.97. The minimum absolute atomic E-state index is 0. The second-order valence-electron chi connectivity index (χ2n) is 6.42. The van der Waals surface area contributed by atoms with Crippen LogP contribution in [0.4, 0.5) is 0 Å². The Kier molecular flexibility index (Phi) is 7.96. The maximum Gasteiger partial charge on any atom is 0.193 e. The molecule has 1 fully saturated rings. The van der Waals surface area contributed by atoms with Crippen LogP contribution in [0.1, 0.15) is 18.9 Å². The van der Waals surface area contributed by atoms with E-state index in [0.717, 1.165) is 38.7 Å². The van der Waals surface area contributed by atoms with E-state index in [1.165, 1.54) is 16.3 Å². The molecular weight excluding hydrogens is 425 g/mol. The summed E-state index contributed by atoms with van der Waals surface area (Å²) < 4.78 is 5.49. The lowest BCUT2D eigenvalue weighted by atomic mass is 10.0. The topological polar surface area (TPSA) is 36.9 Å². The Balaban J connectivity index is 0.00000225. The van der Waals surface area contributed by atoms with Crippen molar-refractivity contribution in [3.8, 4) is 0 Å². The molecule has 2 aromatic carbocycles. The maximum absolute atomic E-state index is 5.49. The molecule has 1 heterocycles. The van der Waals surface area contributed by atoms with E-state index in [2.05, 4.69) is 66.7 Å². The fourth-order valence-electron chi connectivity index (χ4n) is 3.26. The van der Waals surface area contributed by atoms with E-state index in [1.807, 2.05) is 0 Å². The van der Waals surface area contributed by atoms with Crippen molar-refractivity contribution >= 4 is 40.7 Å². The average molecular weight is 453 g/mol. The molecule has 5 heteroatoms. The van der Waals surface area contributed by atoms with E-state index in [1.54, 1.807) is 0 Å².